The molecule has 16 heavy (non-hydrogen) atoms. The van der Waals surface area contributed by atoms with Gasteiger partial charge in [0.25, 0.3) is 0 Å². The van der Waals surface area contributed by atoms with Crippen molar-refractivity contribution in [3.63, 3.8) is 0 Å². The molecule has 0 rings (SSSR count). The molecule has 0 aliphatic heterocycles. The van der Waals surface area contributed by atoms with Crippen molar-refractivity contribution in [1.29, 1.82) is 0 Å². The molecule has 0 fully saturated rings. The molecule has 0 aliphatic carbocycles. The maximum atomic E-state index is 11.0. The Bertz CT molecular complexity index is 309. The van der Waals surface area contributed by atoms with Crippen LogP contribution in [0.15, 0.2) is 0 Å². The summed E-state index contributed by atoms with van der Waals surface area (Å²) in [6, 6.07) is 0. The van der Waals surface area contributed by atoms with Crippen LogP contribution in [-0.4, -0.2) is 42.7 Å². The highest BCUT2D eigenvalue weighted by atomic mass is 31.2. The van der Waals surface area contributed by atoms with E-state index in [1.54, 1.807) is 5.32 Å². The van der Waals surface area contributed by atoms with Gasteiger partial charge in [-0.15, -0.1) is 0 Å². The Morgan fingerprint density at radius 2 is 1.56 bits per heavy atom. The van der Waals surface area contributed by atoms with E-state index in [2.05, 4.69) is 0 Å². The van der Waals surface area contributed by atoms with E-state index in [0.717, 1.165) is 0 Å². The molecule has 0 aromatic heterocycles. The van der Waals surface area contributed by atoms with Gasteiger partial charge >= 0.3 is 15.2 Å². The third kappa shape index (κ3) is 5.72. The zero-order chi connectivity index (χ0) is 13.0. The number of nitrogens with one attached hydrogen (secondary N) is 1. The predicted octanol–water partition coefficient (Wildman–Crippen LogP) is -1.49. The average Bonchev–Trinajstić information content (AvgIpc) is 2.07. The minimum Gasteiger partial charge on any atom is -0.396 e. The van der Waals surface area contributed by atoms with Crippen LogP contribution < -0.4 is 5.32 Å². The van der Waals surface area contributed by atoms with Gasteiger partial charge in [-0.3, -0.25) is 13.9 Å². The van der Waals surface area contributed by atoms with Gasteiger partial charge in [-0.2, -0.15) is 0 Å². The Labute approximate surface area is 90.8 Å². The second-order valence-electron chi connectivity index (χ2n) is 2.95. The van der Waals surface area contributed by atoms with Gasteiger partial charge < -0.3 is 30.0 Å². The van der Waals surface area contributed by atoms with E-state index in [4.69, 9.17) is 24.7 Å². The molecule has 0 heterocycles. The molecular formula is C5H13NO8P2. The molecule has 0 spiro atoms. The SMILES string of the molecule is O=C(CCCO)NC(P(=O)(O)O)P(=O)(O)O. The van der Waals surface area contributed by atoms with Gasteiger partial charge in [0.2, 0.25) is 11.4 Å². The largest absolute Gasteiger partial charge is 0.396 e. The highest BCUT2D eigenvalue weighted by molar-refractivity contribution is 7.70. The van der Waals surface area contributed by atoms with Crippen molar-refractivity contribution in [3.05, 3.63) is 0 Å². The molecule has 0 aromatic rings. The van der Waals surface area contributed by atoms with E-state index >= 15 is 0 Å². The van der Waals surface area contributed by atoms with Gasteiger partial charge in [0.1, 0.15) is 0 Å². The summed E-state index contributed by atoms with van der Waals surface area (Å²) in [6.45, 7) is -0.316. The minimum absolute atomic E-state index is 0.0286. The fourth-order valence-electron chi connectivity index (χ4n) is 0.820. The first-order chi connectivity index (χ1) is 7.09. The molecule has 0 radical (unpaired) electrons. The first-order valence-electron chi connectivity index (χ1n) is 4.09. The molecule has 1 amide bonds. The maximum Gasteiger partial charge on any atom is 0.360 e. The molecule has 9 nitrogen and oxygen atoms in total. The zero-order valence-corrected chi connectivity index (χ0v) is 9.84. The number of aliphatic hydroxyl groups is 1. The summed E-state index contributed by atoms with van der Waals surface area (Å²) < 4.78 is 21.5. The zero-order valence-electron chi connectivity index (χ0n) is 8.05. The van der Waals surface area contributed by atoms with Crippen molar-refractivity contribution in [1.82, 2.24) is 5.32 Å². The smallest absolute Gasteiger partial charge is 0.360 e. The number of amides is 1. The summed E-state index contributed by atoms with van der Waals surface area (Å²) in [5, 5.41) is 9.94. The molecule has 0 aromatic carbocycles. The van der Waals surface area contributed by atoms with Crippen LogP contribution in [0.2, 0.25) is 0 Å². The maximum absolute atomic E-state index is 11.0. The highest BCUT2D eigenvalue weighted by Crippen LogP contribution is 2.58. The highest BCUT2D eigenvalue weighted by Gasteiger charge is 2.44. The third-order valence-electron chi connectivity index (χ3n) is 1.49. The lowest BCUT2D eigenvalue weighted by Gasteiger charge is -2.20. The molecule has 6 N–H and O–H groups in total. The first-order valence-corrected chi connectivity index (χ1v) is 7.46. The molecule has 96 valence electrons. The van der Waals surface area contributed by atoms with E-state index in [9.17, 15) is 13.9 Å². The Hall–Kier alpha value is -0.270. The number of rotatable bonds is 6. The topological polar surface area (TPSA) is 164 Å². The quantitative estimate of drug-likeness (QED) is 0.320. The Morgan fingerprint density at radius 1 is 1.12 bits per heavy atom. The van der Waals surface area contributed by atoms with Gasteiger partial charge in [0.15, 0.2) is 0 Å². The molecular weight excluding hydrogens is 264 g/mol. The Kier molecular flexibility index (Phi) is 5.78. The summed E-state index contributed by atoms with van der Waals surface area (Å²) >= 11 is 0. The minimum atomic E-state index is -5.14. The number of hydrogen-bond donors (Lipinski definition) is 6. The molecule has 0 bridgehead atoms. The Morgan fingerprint density at radius 3 is 1.88 bits per heavy atom. The van der Waals surface area contributed by atoms with Crippen molar-refractivity contribution >= 4 is 21.1 Å². The number of carbonyl (C=O) groups is 1. The van der Waals surface area contributed by atoms with Gasteiger partial charge in [0.05, 0.1) is 0 Å². The van der Waals surface area contributed by atoms with Gasteiger partial charge in [-0.05, 0) is 6.42 Å². The average molecular weight is 277 g/mol. The lowest BCUT2D eigenvalue weighted by atomic mass is 10.3. The molecule has 0 unspecified atom stereocenters. The van der Waals surface area contributed by atoms with Crippen LogP contribution in [0, 0.1) is 0 Å². The number of carbonyl (C=O) groups excluding carboxylic acids is 1. The fourth-order valence-corrected chi connectivity index (χ4v) is 3.01. The van der Waals surface area contributed by atoms with E-state index < -0.39 is 26.6 Å². The summed E-state index contributed by atoms with van der Waals surface area (Å²) in [5.41, 5.74) is -2.54. The summed E-state index contributed by atoms with van der Waals surface area (Å²) in [4.78, 5) is 45.6. The molecule has 0 atom stereocenters. The van der Waals surface area contributed by atoms with Crippen LogP contribution in [0.5, 0.6) is 0 Å². The summed E-state index contributed by atoms with van der Waals surface area (Å²) in [5.74, 6) is -0.953. The summed E-state index contributed by atoms with van der Waals surface area (Å²) in [7, 11) is -10.3. The van der Waals surface area contributed by atoms with Crippen LogP contribution in [0.1, 0.15) is 12.8 Å². The van der Waals surface area contributed by atoms with Gasteiger partial charge in [-0.25, -0.2) is 0 Å². The van der Waals surface area contributed by atoms with Crippen molar-refractivity contribution in [2.75, 3.05) is 6.61 Å². The van der Waals surface area contributed by atoms with Crippen LogP contribution >= 0.6 is 15.2 Å². The van der Waals surface area contributed by atoms with Crippen LogP contribution in [0.3, 0.4) is 0 Å². The predicted molar refractivity (Wildman–Crippen MR) is 52.3 cm³/mol. The van der Waals surface area contributed by atoms with Crippen molar-refractivity contribution < 1.29 is 38.6 Å². The van der Waals surface area contributed by atoms with Gasteiger partial charge in [-0.1, -0.05) is 0 Å². The van der Waals surface area contributed by atoms with Crippen LogP contribution in [-0.2, 0) is 13.9 Å². The number of aliphatic hydroxyl groups excluding tert-OH is 1. The van der Waals surface area contributed by atoms with E-state index in [1.165, 1.54) is 0 Å². The van der Waals surface area contributed by atoms with E-state index in [1.807, 2.05) is 0 Å². The van der Waals surface area contributed by atoms with E-state index in [-0.39, 0.29) is 19.4 Å². The lowest BCUT2D eigenvalue weighted by Crippen LogP contribution is -2.34. The lowest BCUT2D eigenvalue weighted by molar-refractivity contribution is -0.121. The molecule has 0 saturated carbocycles. The third-order valence-corrected chi connectivity index (χ3v) is 4.83. The molecule has 0 aliphatic rings. The standard InChI is InChI=1S/C5H13NO8P2/c7-3-1-2-4(8)6-5(15(9,10)11)16(12,13)14/h5,7H,1-3H2,(H,6,8)(H2,9,10,11)(H2,12,13,14). The second-order valence-corrected chi connectivity index (χ2v) is 6.74. The Balaban J connectivity index is 4.66. The molecule has 0 saturated heterocycles. The van der Waals surface area contributed by atoms with Crippen molar-refractivity contribution in [3.8, 4) is 0 Å². The molecule has 11 heteroatoms. The van der Waals surface area contributed by atoms with Crippen molar-refractivity contribution in [2.45, 2.75) is 18.4 Å². The monoisotopic (exact) mass is 277 g/mol. The normalized spacial score (nSPS) is 12.9. The second kappa shape index (κ2) is 5.88. The van der Waals surface area contributed by atoms with Crippen molar-refractivity contribution in [2.24, 2.45) is 0 Å². The van der Waals surface area contributed by atoms with Gasteiger partial charge in [0, 0.05) is 13.0 Å². The van der Waals surface area contributed by atoms with E-state index in [0.29, 0.717) is 0 Å². The number of hydrogen-bond acceptors (Lipinski definition) is 4. The summed E-state index contributed by atoms with van der Waals surface area (Å²) in [6.07, 6.45) is -0.256. The first kappa shape index (κ1) is 15.7. The fraction of sp³-hybridized carbons (Fsp3) is 0.800. The van der Waals surface area contributed by atoms with Crippen LogP contribution in [0.25, 0.3) is 0 Å². The van der Waals surface area contributed by atoms with Crippen LogP contribution in [0.4, 0.5) is 0 Å².